The number of benzene rings is 1. The second-order valence-electron chi connectivity index (χ2n) is 6.78. The number of piperazine rings is 1. The standard InChI is InChI=1S/C19H27N3O3/c1-25-17-7-5-15(6-8-17)18(23)20-9-10-21-11-13-22(14-12-21)19(24)16-3-2-4-16/h5-8,16H,2-4,9-14H2,1H3,(H,20,23). The number of carbonyl (C=O) groups is 2. The highest BCUT2D eigenvalue weighted by Gasteiger charge is 2.30. The molecule has 1 aliphatic carbocycles. The lowest BCUT2D eigenvalue weighted by molar-refractivity contribution is -0.139. The van der Waals surface area contributed by atoms with Gasteiger partial charge in [-0.05, 0) is 37.1 Å². The quantitative estimate of drug-likeness (QED) is 0.846. The van der Waals surface area contributed by atoms with E-state index in [0.717, 1.165) is 51.3 Å². The molecule has 25 heavy (non-hydrogen) atoms. The third-order valence-corrected chi connectivity index (χ3v) is 5.20. The fourth-order valence-corrected chi connectivity index (χ4v) is 3.28. The van der Waals surface area contributed by atoms with Crippen LogP contribution in [-0.4, -0.2) is 68.0 Å². The molecule has 0 bridgehead atoms. The van der Waals surface area contributed by atoms with Gasteiger partial charge in [-0.15, -0.1) is 0 Å². The van der Waals surface area contributed by atoms with Gasteiger partial charge in [0.25, 0.3) is 5.91 Å². The first-order valence-electron chi connectivity index (χ1n) is 9.11. The molecule has 0 unspecified atom stereocenters. The van der Waals surface area contributed by atoms with Crippen molar-refractivity contribution in [2.24, 2.45) is 5.92 Å². The van der Waals surface area contributed by atoms with Gasteiger partial charge in [0.1, 0.15) is 5.75 Å². The summed E-state index contributed by atoms with van der Waals surface area (Å²) < 4.78 is 5.09. The van der Waals surface area contributed by atoms with Gasteiger partial charge >= 0.3 is 0 Å². The zero-order valence-corrected chi connectivity index (χ0v) is 14.9. The lowest BCUT2D eigenvalue weighted by atomic mass is 9.84. The minimum absolute atomic E-state index is 0.0681. The van der Waals surface area contributed by atoms with E-state index in [2.05, 4.69) is 10.2 Å². The highest BCUT2D eigenvalue weighted by Crippen LogP contribution is 2.28. The smallest absolute Gasteiger partial charge is 0.251 e. The average Bonchev–Trinajstić information content (AvgIpc) is 2.61. The molecule has 6 heteroatoms. The van der Waals surface area contributed by atoms with Crippen LogP contribution in [0.3, 0.4) is 0 Å². The molecule has 3 rings (SSSR count). The minimum Gasteiger partial charge on any atom is -0.497 e. The van der Waals surface area contributed by atoms with Gasteiger partial charge in [0.2, 0.25) is 5.91 Å². The number of amides is 2. The Labute approximate surface area is 149 Å². The molecule has 2 fully saturated rings. The summed E-state index contributed by atoms with van der Waals surface area (Å²) >= 11 is 0. The third kappa shape index (κ3) is 4.51. The van der Waals surface area contributed by atoms with Gasteiger partial charge in [-0.1, -0.05) is 6.42 Å². The number of nitrogens with zero attached hydrogens (tertiary/aromatic N) is 2. The number of hydrogen-bond donors (Lipinski definition) is 1. The topological polar surface area (TPSA) is 61.9 Å². The number of rotatable bonds is 6. The molecule has 0 aromatic heterocycles. The highest BCUT2D eigenvalue weighted by atomic mass is 16.5. The van der Waals surface area contributed by atoms with Gasteiger partial charge in [0.15, 0.2) is 0 Å². The summed E-state index contributed by atoms with van der Waals surface area (Å²) in [7, 11) is 1.61. The van der Waals surface area contributed by atoms with E-state index in [1.807, 2.05) is 4.90 Å². The largest absolute Gasteiger partial charge is 0.497 e. The van der Waals surface area contributed by atoms with Gasteiger partial charge in [0, 0.05) is 50.7 Å². The van der Waals surface area contributed by atoms with E-state index in [1.54, 1.807) is 31.4 Å². The third-order valence-electron chi connectivity index (χ3n) is 5.20. The molecule has 1 saturated heterocycles. The van der Waals surface area contributed by atoms with Crippen molar-refractivity contribution in [3.05, 3.63) is 29.8 Å². The molecule has 0 spiro atoms. The Balaban J connectivity index is 1.35. The van der Waals surface area contributed by atoms with Crippen molar-refractivity contribution in [3.8, 4) is 5.75 Å². The van der Waals surface area contributed by atoms with Crippen molar-refractivity contribution >= 4 is 11.8 Å². The first-order valence-corrected chi connectivity index (χ1v) is 9.11. The zero-order chi connectivity index (χ0) is 17.6. The van der Waals surface area contributed by atoms with E-state index >= 15 is 0 Å². The number of ether oxygens (including phenoxy) is 1. The molecule has 1 saturated carbocycles. The maximum absolute atomic E-state index is 12.2. The van der Waals surface area contributed by atoms with E-state index in [9.17, 15) is 9.59 Å². The number of carbonyl (C=O) groups excluding carboxylic acids is 2. The molecule has 136 valence electrons. The molecule has 0 atom stereocenters. The summed E-state index contributed by atoms with van der Waals surface area (Å²) in [5.74, 6) is 1.31. The number of methoxy groups -OCH3 is 1. The van der Waals surface area contributed by atoms with Crippen molar-refractivity contribution in [1.82, 2.24) is 15.1 Å². The van der Waals surface area contributed by atoms with Crippen LogP contribution < -0.4 is 10.1 Å². The van der Waals surface area contributed by atoms with Gasteiger partial charge in [-0.2, -0.15) is 0 Å². The molecule has 2 aliphatic rings. The summed E-state index contributed by atoms with van der Waals surface area (Å²) in [5, 5.41) is 2.95. The predicted octanol–water partition coefficient (Wildman–Crippen LogP) is 1.37. The molecule has 2 amide bonds. The van der Waals surface area contributed by atoms with Crippen LogP contribution in [0.15, 0.2) is 24.3 Å². The Kier molecular flexibility index (Phi) is 5.91. The van der Waals surface area contributed by atoms with Crippen molar-refractivity contribution in [3.63, 3.8) is 0 Å². The number of hydrogen-bond acceptors (Lipinski definition) is 4. The van der Waals surface area contributed by atoms with E-state index in [4.69, 9.17) is 4.74 Å². The molecule has 0 radical (unpaired) electrons. The first kappa shape index (κ1) is 17.7. The van der Waals surface area contributed by atoms with Gasteiger partial charge < -0.3 is 15.0 Å². The molecule has 1 aliphatic heterocycles. The Morgan fingerprint density at radius 1 is 1.12 bits per heavy atom. The van der Waals surface area contributed by atoms with Crippen LogP contribution in [-0.2, 0) is 4.79 Å². The van der Waals surface area contributed by atoms with Crippen LogP contribution in [0.25, 0.3) is 0 Å². The molecule has 6 nitrogen and oxygen atoms in total. The van der Waals surface area contributed by atoms with Crippen molar-refractivity contribution < 1.29 is 14.3 Å². The van der Waals surface area contributed by atoms with Crippen molar-refractivity contribution in [1.29, 1.82) is 0 Å². The van der Waals surface area contributed by atoms with Crippen molar-refractivity contribution in [2.75, 3.05) is 46.4 Å². The van der Waals surface area contributed by atoms with Crippen LogP contribution >= 0.6 is 0 Å². The molecule has 1 heterocycles. The first-order chi connectivity index (χ1) is 12.2. The molecular weight excluding hydrogens is 318 g/mol. The summed E-state index contributed by atoms with van der Waals surface area (Å²) in [4.78, 5) is 28.7. The van der Waals surface area contributed by atoms with Gasteiger partial charge in [0.05, 0.1) is 7.11 Å². The SMILES string of the molecule is COc1ccc(C(=O)NCCN2CCN(C(=O)C3CCC3)CC2)cc1. The van der Waals surface area contributed by atoms with E-state index in [1.165, 1.54) is 6.42 Å². The predicted molar refractivity (Wildman–Crippen MR) is 95.7 cm³/mol. The Morgan fingerprint density at radius 3 is 2.36 bits per heavy atom. The molecule has 1 aromatic carbocycles. The monoisotopic (exact) mass is 345 g/mol. The lowest BCUT2D eigenvalue weighted by Crippen LogP contribution is -2.52. The second-order valence-corrected chi connectivity index (χ2v) is 6.78. The average molecular weight is 345 g/mol. The Morgan fingerprint density at radius 2 is 1.80 bits per heavy atom. The number of nitrogens with one attached hydrogen (secondary N) is 1. The summed E-state index contributed by atoms with van der Waals surface area (Å²) in [6, 6.07) is 7.10. The second kappa shape index (κ2) is 8.34. The van der Waals surface area contributed by atoms with Crippen LogP contribution in [0.1, 0.15) is 29.6 Å². The minimum atomic E-state index is -0.0681. The normalized spacial score (nSPS) is 18.5. The van der Waals surface area contributed by atoms with E-state index in [-0.39, 0.29) is 11.8 Å². The summed E-state index contributed by atoms with van der Waals surface area (Å²) in [5.41, 5.74) is 0.636. The zero-order valence-electron chi connectivity index (χ0n) is 14.9. The Bertz CT molecular complexity index is 590. The summed E-state index contributed by atoms with van der Waals surface area (Å²) in [6.45, 7) is 4.81. The fourth-order valence-electron chi connectivity index (χ4n) is 3.28. The molecular formula is C19H27N3O3. The maximum Gasteiger partial charge on any atom is 0.251 e. The Hall–Kier alpha value is -2.08. The summed E-state index contributed by atoms with van der Waals surface area (Å²) in [6.07, 6.45) is 3.33. The van der Waals surface area contributed by atoms with Crippen LogP contribution in [0, 0.1) is 5.92 Å². The van der Waals surface area contributed by atoms with Gasteiger partial charge in [-0.3, -0.25) is 14.5 Å². The van der Waals surface area contributed by atoms with E-state index in [0.29, 0.717) is 18.0 Å². The van der Waals surface area contributed by atoms with Crippen LogP contribution in [0.5, 0.6) is 5.75 Å². The van der Waals surface area contributed by atoms with Gasteiger partial charge in [-0.25, -0.2) is 0 Å². The molecule has 1 aromatic rings. The van der Waals surface area contributed by atoms with E-state index < -0.39 is 0 Å². The molecule has 1 N–H and O–H groups in total. The van der Waals surface area contributed by atoms with Crippen LogP contribution in [0.2, 0.25) is 0 Å². The van der Waals surface area contributed by atoms with Crippen LogP contribution in [0.4, 0.5) is 0 Å². The fraction of sp³-hybridized carbons (Fsp3) is 0.579. The highest BCUT2D eigenvalue weighted by molar-refractivity contribution is 5.94. The lowest BCUT2D eigenvalue weighted by Gasteiger charge is -2.38. The van der Waals surface area contributed by atoms with Crippen molar-refractivity contribution in [2.45, 2.75) is 19.3 Å². The maximum atomic E-state index is 12.2.